The molecule has 1 aromatic heterocycles. The number of thiazole rings is 1. The number of hydrogen-bond donors (Lipinski definition) is 6. The Balaban J connectivity index is 1.77. The van der Waals surface area contributed by atoms with Crippen molar-refractivity contribution < 1.29 is 34.2 Å². The predicted molar refractivity (Wildman–Crippen MR) is 114 cm³/mol. The fourth-order valence-electron chi connectivity index (χ4n) is 3.01. The second kappa shape index (κ2) is 9.03. The molecule has 3 rings (SSSR count). The number of carboxylic acids is 2. The summed E-state index contributed by atoms with van der Waals surface area (Å²) in [4.78, 5) is 58.9. The van der Waals surface area contributed by atoms with Crippen molar-refractivity contribution in [2.75, 3.05) is 18.0 Å². The first-order valence-electron chi connectivity index (χ1n) is 9.26. The molecule has 174 valence electrons. The zero-order chi connectivity index (χ0) is 23.8. The number of nitrogen functional groups attached to an aromatic ring is 1. The summed E-state index contributed by atoms with van der Waals surface area (Å²) in [6.45, 7) is 2.57. The Morgan fingerprint density at radius 2 is 2.09 bits per heavy atom. The van der Waals surface area contributed by atoms with Gasteiger partial charge in [0.1, 0.15) is 17.1 Å². The number of hydrogen-bond acceptors (Lipinski definition) is 11. The minimum absolute atomic E-state index is 0.00387. The molecule has 0 aromatic carbocycles. The lowest BCUT2D eigenvalue weighted by molar-refractivity contribution is -0.175. The Kier molecular flexibility index (Phi) is 6.75. The minimum atomic E-state index is -1.66. The number of aliphatic carboxylic acids is 2. The number of anilines is 1. The monoisotopic (exact) mass is 486 g/mol. The number of carboxylic acid groups (broad SMARTS) is 2. The molecular weight excluding hydrogens is 464 g/mol. The highest BCUT2D eigenvalue weighted by Gasteiger charge is 2.54. The van der Waals surface area contributed by atoms with Crippen molar-refractivity contribution in [2.24, 2.45) is 5.73 Å². The molecule has 15 heteroatoms. The molecule has 2 amide bonds. The van der Waals surface area contributed by atoms with E-state index in [1.165, 1.54) is 31.0 Å². The van der Waals surface area contributed by atoms with Crippen molar-refractivity contribution in [1.82, 2.24) is 20.7 Å². The number of thioether (sulfide) groups is 1. The van der Waals surface area contributed by atoms with Crippen molar-refractivity contribution in [1.29, 1.82) is 0 Å². The van der Waals surface area contributed by atoms with Gasteiger partial charge in [0.15, 0.2) is 16.8 Å². The standard InChI is InChI=1S/C17H22N6O7S2/c1-17(2,15(28)29)30-22-8(7-5-32-16(19)20-7)11(24)21-9-12(25)23-10(14(26)27)6(3-18)4-31-13(9)23/h5,8-9,13,22H,3-4,18H2,1-2H3,(H2,19,20)(H,21,24)(H,26,27)(H,28,29)/t8?,9?,13-/m1/s1. The summed E-state index contributed by atoms with van der Waals surface area (Å²) in [6, 6.07) is -2.26. The zero-order valence-electron chi connectivity index (χ0n) is 17.0. The number of fused-ring (bicyclic) bond motifs is 1. The van der Waals surface area contributed by atoms with Gasteiger partial charge in [-0.3, -0.25) is 19.3 Å². The Morgan fingerprint density at radius 1 is 1.41 bits per heavy atom. The maximum absolute atomic E-state index is 13.0. The topological polar surface area (TPSA) is 210 Å². The van der Waals surface area contributed by atoms with Gasteiger partial charge in [0.05, 0.1) is 5.69 Å². The van der Waals surface area contributed by atoms with Crippen molar-refractivity contribution in [3.8, 4) is 0 Å². The average Bonchev–Trinajstić information content (AvgIpc) is 3.16. The molecule has 0 spiro atoms. The Bertz CT molecular complexity index is 994. The SMILES string of the molecule is CC(C)(ONC(C(=O)NC1C(=O)N2C(C(=O)O)=C(CN)CS[C@H]12)c1csc(N)n1)C(=O)O. The van der Waals surface area contributed by atoms with Crippen LogP contribution in [0.1, 0.15) is 25.6 Å². The van der Waals surface area contributed by atoms with Crippen LogP contribution in [0.25, 0.3) is 0 Å². The van der Waals surface area contributed by atoms with Gasteiger partial charge in [-0.05, 0) is 19.4 Å². The van der Waals surface area contributed by atoms with E-state index >= 15 is 0 Å². The van der Waals surface area contributed by atoms with Crippen LogP contribution >= 0.6 is 23.1 Å². The van der Waals surface area contributed by atoms with E-state index in [-0.39, 0.29) is 23.1 Å². The normalized spacial score (nSPS) is 21.6. The molecule has 0 saturated carbocycles. The number of rotatable bonds is 9. The summed E-state index contributed by atoms with van der Waals surface area (Å²) in [5.41, 5.74) is 12.4. The molecular formula is C17H22N6O7S2. The molecule has 0 bridgehead atoms. The van der Waals surface area contributed by atoms with Gasteiger partial charge < -0.3 is 27.0 Å². The lowest BCUT2D eigenvalue weighted by atomic mass is 10.0. The van der Waals surface area contributed by atoms with E-state index in [1.54, 1.807) is 0 Å². The molecule has 0 radical (unpaired) electrons. The second-order valence-corrected chi connectivity index (χ2v) is 9.43. The highest BCUT2D eigenvalue weighted by Crippen LogP contribution is 2.40. The van der Waals surface area contributed by atoms with E-state index in [9.17, 15) is 29.4 Å². The van der Waals surface area contributed by atoms with Gasteiger partial charge in [0.2, 0.25) is 5.91 Å². The van der Waals surface area contributed by atoms with Crippen molar-refractivity contribution in [2.45, 2.75) is 36.9 Å². The number of nitrogens with zero attached hydrogens (tertiary/aromatic N) is 2. The third-order valence-corrected chi connectivity index (χ3v) is 6.87. The van der Waals surface area contributed by atoms with E-state index in [1.807, 2.05) is 0 Å². The highest BCUT2D eigenvalue weighted by atomic mass is 32.2. The molecule has 1 fully saturated rings. The summed E-state index contributed by atoms with van der Waals surface area (Å²) in [5.74, 6) is -3.55. The predicted octanol–water partition coefficient (Wildman–Crippen LogP) is -1.15. The number of amides is 2. The molecule has 8 N–H and O–H groups in total. The van der Waals surface area contributed by atoms with Crippen LogP contribution < -0.4 is 22.3 Å². The molecule has 32 heavy (non-hydrogen) atoms. The molecule has 3 heterocycles. The molecule has 13 nitrogen and oxygen atoms in total. The summed E-state index contributed by atoms with van der Waals surface area (Å²) < 4.78 is 0. The van der Waals surface area contributed by atoms with E-state index in [2.05, 4.69) is 15.8 Å². The number of carbonyl (C=O) groups is 4. The maximum atomic E-state index is 13.0. The number of nitrogens with one attached hydrogen (secondary N) is 2. The second-order valence-electron chi connectivity index (χ2n) is 7.44. The molecule has 1 saturated heterocycles. The number of hydroxylamine groups is 1. The first-order valence-corrected chi connectivity index (χ1v) is 11.2. The van der Waals surface area contributed by atoms with Crippen molar-refractivity contribution in [3.05, 3.63) is 22.3 Å². The minimum Gasteiger partial charge on any atom is -0.479 e. The molecule has 0 aliphatic carbocycles. The number of nitrogens with two attached hydrogens (primary N) is 2. The van der Waals surface area contributed by atoms with E-state index in [0.717, 1.165) is 16.2 Å². The quantitative estimate of drug-likeness (QED) is 0.180. The average molecular weight is 487 g/mol. The first-order chi connectivity index (χ1) is 15.0. The van der Waals surface area contributed by atoms with Crippen LogP contribution in [0.3, 0.4) is 0 Å². The van der Waals surface area contributed by atoms with Gasteiger partial charge in [0.25, 0.3) is 5.91 Å². The maximum Gasteiger partial charge on any atom is 0.352 e. The van der Waals surface area contributed by atoms with Gasteiger partial charge in [-0.2, -0.15) is 5.48 Å². The molecule has 2 aliphatic rings. The third kappa shape index (κ3) is 4.42. The fourth-order valence-corrected chi connectivity index (χ4v) is 4.96. The van der Waals surface area contributed by atoms with Crippen LogP contribution in [0.2, 0.25) is 0 Å². The fraction of sp³-hybridized carbons (Fsp3) is 0.471. The van der Waals surface area contributed by atoms with Crippen molar-refractivity contribution in [3.63, 3.8) is 0 Å². The van der Waals surface area contributed by atoms with Gasteiger partial charge in [-0.1, -0.05) is 0 Å². The van der Waals surface area contributed by atoms with Gasteiger partial charge in [0, 0.05) is 17.7 Å². The number of carbonyl (C=O) groups excluding carboxylic acids is 2. The number of β-lactam (4-membered cyclic amide) rings is 1. The van der Waals surface area contributed by atoms with Crippen LogP contribution in [0.15, 0.2) is 16.7 Å². The van der Waals surface area contributed by atoms with Crippen molar-refractivity contribution >= 4 is 52.0 Å². The zero-order valence-corrected chi connectivity index (χ0v) is 18.7. The summed E-state index contributed by atoms with van der Waals surface area (Å²) >= 11 is 2.35. The van der Waals surface area contributed by atoms with Crippen LogP contribution in [-0.4, -0.2) is 73.2 Å². The van der Waals surface area contributed by atoms with Crippen LogP contribution in [0, 0.1) is 0 Å². The lowest BCUT2D eigenvalue weighted by Crippen LogP contribution is -2.71. The summed E-state index contributed by atoms with van der Waals surface area (Å²) in [5, 5.41) is 22.3. The highest BCUT2D eigenvalue weighted by molar-refractivity contribution is 8.00. The first kappa shape index (κ1) is 23.9. The Morgan fingerprint density at radius 3 is 2.62 bits per heavy atom. The molecule has 1 aromatic rings. The third-order valence-electron chi connectivity index (χ3n) is 4.84. The van der Waals surface area contributed by atoms with E-state index in [0.29, 0.717) is 11.3 Å². The van der Waals surface area contributed by atoms with Crippen LogP contribution in [-0.2, 0) is 24.0 Å². The van der Waals surface area contributed by atoms with Crippen LogP contribution in [0.5, 0.6) is 0 Å². The summed E-state index contributed by atoms with van der Waals surface area (Å²) in [6.07, 6.45) is 0. The van der Waals surface area contributed by atoms with E-state index < -0.39 is 46.8 Å². The van der Waals surface area contributed by atoms with Gasteiger partial charge in [-0.15, -0.1) is 23.1 Å². The number of aromatic nitrogens is 1. The van der Waals surface area contributed by atoms with Gasteiger partial charge >= 0.3 is 11.9 Å². The molecule has 2 aliphatic heterocycles. The Labute approximate surface area is 190 Å². The largest absolute Gasteiger partial charge is 0.479 e. The van der Waals surface area contributed by atoms with E-state index in [4.69, 9.17) is 16.3 Å². The molecule has 3 atom stereocenters. The van der Waals surface area contributed by atoms with Gasteiger partial charge in [-0.25, -0.2) is 14.6 Å². The summed E-state index contributed by atoms with van der Waals surface area (Å²) in [7, 11) is 0. The van der Waals surface area contributed by atoms with Crippen LogP contribution in [0.4, 0.5) is 5.13 Å². The molecule has 2 unspecified atom stereocenters. The lowest BCUT2D eigenvalue weighted by Gasteiger charge is -2.49. The Hall–Kier alpha value is -2.72. The smallest absolute Gasteiger partial charge is 0.352 e.